The topological polar surface area (TPSA) is 86.8 Å². The van der Waals surface area contributed by atoms with Gasteiger partial charge in [-0.3, -0.25) is 24.1 Å². The molecule has 10 heteroatoms. The zero-order valence-corrected chi connectivity index (χ0v) is 18.1. The van der Waals surface area contributed by atoms with Gasteiger partial charge in [-0.05, 0) is 37.0 Å². The van der Waals surface area contributed by atoms with Gasteiger partial charge in [-0.15, -0.1) is 0 Å². The number of likely N-dealkylation sites (tertiary alicyclic amines) is 2. The van der Waals surface area contributed by atoms with Crippen LogP contribution in [0.5, 0.6) is 0 Å². The summed E-state index contributed by atoms with van der Waals surface area (Å²) < 4.78 is 39.7. The fourth-order valence-electron chi connectivity index (χ4n) is 5.05. The van der Waals surface area contributed by atoms with Crippen LogP contribution in [0.3, 0.4) is 0 Å². The molecule has 2 saturated heterocycles. The molecule has 33 heavy (non-hydrogen) atoms. The quantitative estimate of drug-likeness (QED) is 0.655. The minimum Gasteiger partial charge on any atom is -0.346 e. The molecule has 1 N–H and O–H groups in total. The molecule has 3 unspecified atom stereocenters. The zero-order chi connectivity index (χ0) is 23.8. The van der Waals surface area contributed by atoms with Crippen molar-refractivity contribution in [2.75, 3.05) is 19.6 Å². The molecule has 178 valence electrons. The van der Waals surface area contributed by atoms with Crippen molar-refractivity contribution in [2.24, 2.45) is 11.8 Å². The highest BCUT2D eigenvalue weighted by Crippen LogP contribution is 2.38. The number of fused-ring (bicyclic) bond motifs is 1. The maximum absolute atomic E-state index is 13.2. The Hall–Kier alpha value is -2.91. The summed E-state index contributed by atoms with van der Waals surface area (Å²) in [5.74, 6) is -2.27. The van der Waals surface area contributed by atoms with Gasteiger partial charge in [0.25, 0.3) is 0 Å². The molecular formula is C23H26F3N3O4. The van der Waals surface area contributed by atoms with E-state index in [9.17, 15) is 32.3 Å². The van der Waals surface area contributed by atoms with Crippen molar-refractivity contribution < 1.29 is 32.3 Å². The molecule has 1 aliphatic carbocycles. The van der Waals surface area contributed by atoms with E-state index in [-0.39, 0.29) is 41.7 Å². The van der Waals surface area contributed by atoms with Crippen LogP contribution >= 0.6 is 0 Å². The summed E-state index contributed by atoms with van der Waals surface area (Å²) in [4.78, 5) is 52.7. The van der Waals surface area contributed by atoms with E-state index in [2.05, 4.69) is 5.32 Å². The Kier molecular flexibility index (Phi) is 6.45. The van der Waals surface area contributed by atoms with Gasteiger partial charge in [0, 0.05) is 19.5 Å². The number of amides is 4. The van der Waals surface area contributed by atoms with E-state index in [1.165, 1.54) is 17.0 Å². The second-order valence-electron chi connectivity index (χ2n) is 8.95. The van der Waals surface area contributed by atoms with Gasteiger partial charge in [0.05, 0.1) is 23.4 Å². The Morgan fingerprint density at radius 3 is 2.30 bits per heavy atom. The fraction of sp³-hybridized carbons (Fsp3) is 0.565. The van der Waals surface area contributed by atoms with Crippen molar-refractivity contribution in [1.82, 2.24) is 15.1 Å². The number of nitrogens with zero attached hydrogens (tertiary/aromatic N) is 2. The van der Waals surface area contributed by atoms with Gasteiger partial charge in [0.2, 0.25) is 23.6 Å². The number of carbonyl (C=O) groups excluding carboxylic acids is 4. The third-order valence-corrected chi connectivity index (χ3v) is 6.76. The highest BCUT2D eigenvalue weighted by molar-refractivity contribution is 6.07. The molecule has 3 atom stereocenters. The zero-order valence-electron chi connectivity index (χ0n) is 18.1. The molecule has 3 aliphatic rings. The van der Waals surface area contributed by atoms with Crippen LogP contribution in [0.4, 0.5) is 13.2 Å². The maximum Gasteiger partial charge on any atom is 0.416 e. The van der Waals surface area contributed by atoms with Crippen molar-refractivity contribution in [2.45, 2.75) is 50.7 Å². The molecule has 0 radical (unpaired) electrons. The molecule has 2 heterocycles. The van der Waals surface area contributed by atoms with Gasteiger partial charge in [-0.1, -0.05) is 25.0 Å². The SMILES string of the molecule is O=C(CN1C(=O)C2CCCCC2C1=O)NC(CN1CCCC1=O)c1cccc(C(F)(F)F)c1. The van der Waals surface area contributed by atoms with Gasteiger partial charge < -0.3 is 10.2 Å². The Morgan fingerprint density at radius 2 is 1.73 bits per heavy atom. The number of nitrogens with one attached hydrogen (secondary N) is 1. The molecule has 1 saturated carbocycles. The van der Waals surface area contributed by atoms with Crippen molar-refractivity contribution in [3.05, 3.63) is 35.4 Å². The van der Waals surface area contributed by atoms with Crippen molar-refractivity contribution in [1.29, 1.82) is 0 Å². The summed E-state index contributed by atoms with van der Waals surface area (Å²) >= 11 is 0. The molecule has 1 aromatic rings. The Labute approximate surface area is 189 Å². The first-order chi connectivity index (χ1) is 15.6. The minimum atomic E-state index is -4.56. The lowest BCUT2D eigenvalue weighted by atomic mass is 9.81. The Morgan fingerprint density at radius 1 is 1.06 bits per heavy atom. The lowest BCUT2D eigenvalue weighted by molar-refractivity contribution is -0.144. The normalized spacial score (nSPS) is 24.3. The summed E-state index contributed by atoms with van der Waals surface area (Å²) in [6.45, 7) is -0.0102. The molecule has 2 aliphatic heterocycles. The summed E-state index contributed by atoms with van der Waals surface area (Å²) in [7, 11) is 0. The Bertz CT molecular complexity index is 941. The van der Waals surface area contributed by atoms with Crippen LogP contribution in [-0.2, 0) is 25.4 Å². The predicted molar refractivity (Wildman–Crippen MR) is 110 cm³/mol. The average Bonchev–Trinajstić information content (AvgIpc) is 3.29. The van der Waals surface area contributed by atoms with E-state index in [1.807, 2.05) is 0 Å². The lowest BCUT2D eigenvalue weighted by Gasteiger charge is -2.26. The van der Waals surface area contributed by atoms with Crippen LogP contribution in [0.15, 0.2) is 24.3 Å². The monoisotopic (exact) mass is 465 g/mol. The van der Waals surface area contributed by atoms with Crippen LogP contribution in [-0.4, -0.2) is 53.1 Å². The van der Waals surface area contributed by atoms with E-state index in [4.69, 9.17) is 0 Å². The minimum absolute atomic E-state index is 0.0129. The third-order valence-electron chi connectivity index (χ3n) is 6.76. The maximum atomic E-state index is 13.2. The van der Waals surface area contributed by atoms with Gasteiger partial charge in [0.1, 0.15) is 6.54 Å². The van der Waals surface area contributed by atoms with Gasteiger partial charge in [0.15, 0.2) is 0 Å². The van der Waals surface area contributed by atoms with E-state index >= 15 is 0 Å². The second-order valence-corrected chi connectivity index (χ2v) is 8.95. The van der Waals surface area contributed by atoms with Gasteiger partial charge in [-0.2, -0.15) is 13.2 Å². The van der Waals surface area contributed by atoms with Crippen molar-refractivity contribution in [3.8, 4) is 0 Å². The average molecular weight is 465 g/mol. The molecule has 1 aromatic carbocycles. The number of halogens is 3. The molecular weight excluding hydrogens is 439 g/mol. The van der Waals surface area contributed by atoms with Crippen LogP contribution in [0.25, 0.3) is 0 Å². The van der Waals surface area contributed by atoms with Gasteiger partial charge >= 0.3 is 6.18 Å². The van der Waals surface area contributed by atoms with E-state index in [0.717, 1.165) is 29.9 Å². The molecule has 4 rings (SSSR count). The second kappa shape index (κ2) is 9.15. The number of benzene rings is 1. The first-order valence-electron chi connectivity index (χ1n) is 11.2. The van der Waals surface area contributed by atoms with Crippen LogP contribution in [0.1, 0.15) is 55.7 Å². The largest absolute Gasteiger partial charge is 0.416 e. The summed E-state index contributed by atoms with van der Waals surface area (Å²) in [6, 6.07) is 3.69. The molecule has 3 fully saturated rings. The first kappa shape index (κ1) is 23.3. The standard InChI is InChI=1S/C23H26F3N3O4/c24-23(25,26)15-6-3-5-14(11-15)18(12-28-10-4-9-20(28)31)27-19(30)13-29-21(32)16-7-1-2-8-17(16)22(29)33/h3,5-6,11,16-18H,1-2,4,7-10,12-13H2,(H,27,30). The van der Waals surface area contributed by atoms with Crippen molar-refractivity contribution >= 4 is 23.6 Å². The van der Waals surface area contributed by atoms with Crippen LogP contribution in [0, 0.1) is 11.8 Å². The third kappa shape index (κ3) is 4.89. The number of imide groups is 1. The van der Waals surface area contributed by atoms with Gasteiger partial charge in [-0.25, -0.2) is 0 Å². The fourth-order valence-corrected chi connectivity index (χ4v) is 5.05. The highest BCUT2D eigenvalue weighted by Gasteiger charge is 2.48. The molecule has 4 amide bonds. The summed E-state index contributed by atoms with van der Waals surface area (Å²) in [5.41, 5.74) is -0.661. The van der Waals surface area contributed by atoms with Crippen LogP contribution in [0.2, 0.25) is 0 Å². The number of alkyl halides is 3. The number of carbonyl (C=O) groups is 4. The predicted octanol–water partition coefficient (Wildman–Crippen LogP) is 2.66. The van der Waals surface area contributed by atoms with Crippen LogP contribution < -0.4 is 5.32 Å². The highest BCUT2D eigenvalue weighted by atomic mass is 19.4. The van der Waals surface area contributed by atoms with E-state index in [0.29, 0.717) is 32.2 Å². The van der Waals surface area contributed by atoms with E-state index < -0.39 is 30.2 Å². The molecule has 7 nitrogen and oxygen atoms in total. The smallest absolute Gasteiger partial charge is 0.346 e. The summed E-state index contributed by atoms with van der Waals surface area (Å²) in [5, 5.41) is 2.66. The number of hydrogen-bond donors (Lipinski definition) is 1. The Balaban J connectivity index is 1.51. The number of rotatable bonds is 6. The van der Waals surface area contributed by atoms with E-state index in [1.54, 1.807) is 0 Å². The first-order valence-corrected chi connectivity index (χ1v) is 11.2. The number of hydrogen-bond acceptors (Lipinski definition) is 4. The molecule has 0 spiro atoms. The lowest BCUT2D eigenvalue weighted by Crippen LogP contribution is -2.44. The summed E-state index contributed by atoms with van der Waals surface area (Å²) in [6.07, 6.45) is -0.596. The molecule has 0 aromatic heterocycles. The van der Waals surface area contributed by atoms with Crippen molar-refractivity contribution in [3.63, 3.8) is 0 Å². The molecule has 0 bridgehead atoms.